The summed E-state index contributed by atoms with van der Waals surface area (Å²) < 4.78 is 5.91. The second-order valence-corrected chi connectivity index (χ2v) is 8.44. The van der Waals surface area contributed by atoms with Crippen LogP contribution in [0.2, 0.25) is 5.02 Å². The van der Waals surface area contributed by atoms with Crippen LogP contribution in [0.15, 0.2) is 85.0 Å². The number of barbiturate groups is 1. The highest BCUT2D eigenvalue weighted by Gasteiger charge is 2.36. The first kappa shape index (κ1) is 25.3. The summed E-state index contributed by atoms with van der Waals surface area (Å²) in [5, 5.41) is 13.5. The van der Waals surface area contributed by atoms with Crippen molar-refractivity contribution in [1.29, 1.82) is 0 Å². The molecule has 3 aromatic carbocycles. The van der Waals surface area contributed by atoms with Gasteiger partial charge in [0.15, 0.2) is 0 Å². The SMILES string of the molecule is C=CCc1cc(/C=C2\C(=O)NC(=O)N(c3ccc(Cl)cc3)C2=O)ccc1OCc1ccc([N+](=O)[O-])cc1. The summed E-state index contributed by atoms with van der Waals surface area (Å²) in [5.74, 6) is -1.01. The van der Waals surface area contributed by atoms with Crippen LogP contribution in [0.1, 0.15) is 16.7 Å². The Morgan fingerprint density at radius 2 is 1.73 bits per heavy atom. The van der Waals surface area contributed by atoms with Gasteiger partial charge in [-0.25, -0.2) is 9.69 Å². The molecule has 4 rings (SSSR count). The Labute approximate surface area is 216 Å². The normalized spacial score (nSPS) is 14.5. The maximum atomic E-state index is 13.1. The third-order valence-electron chi connectivity index (χ3n) is 5.49. The van der Waals surface area contributed by atoms with Crippen LogP contribution in [0.4, 0.5) is 16.2 Å². The van der Waals surface area contributed by atoms with Gasteiger partial charge < -0.3 is 4.74 Å². The summed E-state index contributed by atoms with van der Waals surface area (Å²) >= 11 is 5.90. The van der Waals surface area contributed by atoms with E-state index in [2.05, 4.69) is 11.9 Å². The number of nitrogens with one attached hydrogen (secondary N) is 1. The minimum Gasteiger partial charge on any atom is -0.489 e. The number of benzene rings is 3. The quantitative estimate of drug-likeness (QED) is 0.144. The van der Waals surface area contributed by atoms with E-state index in [9.17, 15) is 24.5 Å². The van der Waals surface area contributed by atoms with Gasteiger partial charge in [-0.15, -0.1) is 6.58 Å². The van der Waals surface area contributed by atoms with Crippen molar-refractivity contribution in [3.05, 3.63) is 117 Å². The maximum absolute atomic E-state index is 13.1. The molecule has 1 heterocycles. The highest BCUT2D eigenvalue weighted by Crippen LogP contribution is 2.27. The van der Waals surface area contributed by atoms with Crippen molar-refractivity contribution >= 4 is 46.9 Å². The van der Waals surface area contributed by atoms with Gasteiger partial charge in [-0.05, 0) is 77.7 Å². The molecule has 186 valence electrons. The van der Waals surface area contributed by atoms with Crippen LogP contribution in [0.3, 0.4) is 0 Å². The molecule has 0 bridgehead atoms. The number of nitrogens with zero attached hydrogens (tertiary/aromatic N) is 2. The third kappa shape index (κ3) is 5.74. The first-order valence-corrected chi connectivity index (χ1v) is 11.4. The van der Waals surface area contributed by atoms with Crippen LogP contribution in [0.5, 0.6) is 5.75 Å². The molecule has 3 aromatic rings. The van der Waals surface area contributed by atoms with Crippen LogP contribution >= 0.6 is 11.6 Å². The second kappa shape index (κ2) is 10.9. The summed E-state index contributed by atoms with van der Waals surface area (Å²) in [7, 11) is 0. The lowest BCUT2D eigenvalue weighted by molar-refractivity contribution is -0.384. The maximum Gasteiger partial charge on any atom is 0.335 e. The summed E-state index contributed by atoms with van der Waals surface area (Å²) in [6.45, 7) is 3.94. The van der Waals surface area contributed by atoms with Crippen molar-refractivity contribution in [2.75, 3.05) is 4.90 Å². The number of amides is 4. The fourth-order valence-electron chi connectivity index (χ4n) is 3.67. The number of ether oxygens (including phenoxy) is 1. The summed E-state index contributed by atoms with van der Waals surface area (Å²) in [5.41, 5.74) is 2.10. The highest BCUT2D eigenvalue weighted by atomic mass is 35.5. The van der Waals surface area contributed by atoms with Gasteiger partial charge in [-0.1, -0.05) is 23.7 Å². The lowest BCUT2D eigenvalue weighted by Gasteiger charge is -2.26. The number of imide groups is 2. The Hall–Kier alpha value is -4.76. The van der Waals surface area contributed by atoms with Gasteiger partial charge in [0.05, 0.1) is 10.6 Å². The first-order valence-electron chi connectivity index (χ1n) is 11.0. The van der Waals surface area contributed by atoms with Crippen LogP contribution in [-0.4, -0.2) is 22.8 Å². The number of hydrogen-bond donors (Lipinski definition) is 1. The number of allylic oxidation sites excluding steroid dienone is 1. The zero-order chi connectivity index (χ0) is 26.5. The number of hydrogen-bond acceptors (Lipinski definition) is 6. The Morgan fingerprint density at radius 3 is 2.38 bits per heavy atom. The number of rotatable bonds is 8. The molecular weight excluding hydrogens is 498 g/mol. The predicted octanol–water partition coefficient (Wildman–Crippen LogP) is 5.22. The van der Waals surface area contributed by atoms with E-state index in [0.717, 1.165) is 16.0 Å². The molecule has 1 fully saturated rings. The molecule has 0 saturated carbocycles. The number of nitro groups is 1. The van der Waals surface area contributed by atoms with Crippen molar-refractivity contribution in [2.45, 2.75) is 13.0 Å². The van der Waals surface area contributed by atoms with E-state index in [1.165, 1.54) is 42.5 Å². The van der Waals surface area contributed by atoms with Crippen LogP contribution in [0.25, 0.3) is 6.08 Å². The van der Waals surface area contributed by atoms with Crippen molar-refractivity contribution < 1.29 is 24.0 Å². The third-order valence-corrected chi connectivity index (χ3v) is 5.74. The van der Waals surface area contributed by atoms with Gasteiger partial charge in [-0.3, -0.25) is 25.0 Å². The topological polar surface area (TPSA) is 119 Å². The number of nitro benzene ring substituents is 1. The molecule has 1 N–H and O–H groups in total. The van der Waals surface area contributed by atoms with Crippen molar-refractivity contribution in [3.63, 3.8) is 0 Å². The molecule has 4 amide bonds. The van der Waals surface area contributed by atoms with Gasteiger partial charge in [0.25, 0.3) is 17.5 Å². The molecule has 0 aromatic heterocycles. The zero-order valence-electron chi connectivity index (χ0n) is 19.3. The second-order valence-electron chi connectivity index (χ2n) is 8.01. The van der Waals surface area contributed by atoms with E-state index < -0.39 is 22.8 Å². The number of carbonyl (C=O) groups is 3. The molecule has 1 saturated heterocycles. The average molecular weight is 518 g/mol. The number of halogens is 1. The monoisotopic (exact) mass is 517 g/mol. The highest BCUT2D eigenvalue weighted by molar-refractivity contribution is 6.39. The van der Waals surface area contributed by atoms with E-state index in [1.54, 1.807) is 36.4 Å². The number of anilines is 1. The molecule has 10 heteroatoms. The molecule has 0 unspecified atom stereocenters. The largest absolute Gasteiger partial charge is 0.489 e. The van der Waals surface area contributed by atoms with E-state index in [0.29, 0.717) is 22.8 Å². The van der Waals surface area contributed by atoms with E-state index in [1.807, 2.05) is 0 Å². The molecule has 0 radical (unpaired) electrons. The Kier molecular flexibility index (Phi) is 7.45. The molecule has 9 nitrogen and oxygen atoms in total. The Morgan fingerprint density at radius 1 is 1.03 bits per heavy atom. The number of carbonyl (C=O) groups excluding carboxylic acids is 3. The molecular formula is C27H20ClN3O6. The van der Waals surface area contributed by atoms with Crippen LogP contribution in [-0.2, 0) is 22.6 Å². The predicted molar refractivity (Wildman–Crippen MR) is 138 cm³/mol. The molecule has 1 aliphatic rings. The molecule has 1 aliphatic heterocycles. The van der Waals surface area contributed by atoms with Crippen molar-refractivity contribution in [2.24, 2.45) is 0 Å². The fraction of sp³-hybridized carbons (Fsp3) is 0.0741. The van der Waals surface area contributed by atoms with Gasteiger partial charge in [0.1, 0.15) is 17.9 Å². The van der Waals surface area contributed by atoms with Crippen molar-refractivity contribution in [3.8, 4) is 5.75 Å². The number of urea groups is 1. The fourth-order valence-corrected chi connectivity index (χ4v) is 3.79. The summed E-state index contributed by atoms with van der Waals surface area (Å²) in [6, 6.07) is 16.4. The minimum atomic E-state index is -0.850. The first-order chi connectivity index (χ1) is 17.8. The van der Waals surface area contributed by atoms with Crippen LogP contribution < -0.4 is 15.0 Å². The molecule has 0 atom stereocenters. The molecule has 37 heavy (non-hydrogen) atoms. The lowest BCUT2D eigenvalue weighted by Crippen LogP contribution is -2.54. The Balaban J connectivity index is 1.58. The zero-order valence-corrected chi connectivity index (χ0v) is 20.1. The molecule has 0 spiro atoms. The standard InChI is InChI=1S/C27H20ClN3O6/c1-2-3-19-14-18(6-13-24(19)37-16-17-4-9-22(10-5-17)31(35)36)15-23-25(32)29-27(34)30(26(23)33)21-11-7-20(28)8-12-21/h2,4-15H,1,3,16H2,(H,29,32,34)/b23-15+. The van der Waals surface area contributed by atoms with E-state index in [4.69, 9.17) is 16.3 Å². The average Bonchev–Trinajstić information content (AvgIpc) is 2.87. The van der Waals surface area contributed by atoms with Gasteiger partial charge >= 0.3 is 6.03 Å². The minimum absolute atomic E-state index is 0.00823. The van der Waals surface area contributed by atoms with E-state index >= 15 is 0 Å². The lowest BCUT2D eigenvalue weighted by atomic mass is 10.0. The Bertz CT molecular complexity index is 1430. The summed E-state index contributed by atoms with van der Waals surface area (Å²) in [4.78, 5) is 49.2. The van der Waals surface area contributed by atoms with Crippen LogP contribution in [0, 0.1) is 10.1 Å². The van der Waals surface area contributed by atoms with Crippen molar-refractivity contribution in [1.82, 2.24) is 5.32 Å². The molecule has 0 aliphatic carbocycles. The van der Waals surface area contributed by atoms with Gasteiger partial charge in [0, 0.05) is 17.2 Å². The van der Waals surface area contributed by atoms with E-state index in [-0.39, 0.29) is 23.6 Å². The smallest absolute Gasteiger partial charge is 0.335 e. The van der Waals surface area contributed by atoms with Gasteiger partial charge in [-0.2, -0.15) is 0 Å². The van der Waals surface area contributed by atoms with Gasteiger partial charge in [0.2, 0.25) is 0 Å². The number of non-ortho nitro benzene ring substituents is 1. The summed E-state index contributed by atoms with van der Waals surface area (Å²) in [6.07, 6.45) is 3.53.